The molecule has 2 N–H and O–H groups in total. The first-order valence-corrected chi connectivity index (χ1v) is 7.38. The Balaban J connectivity index is 2.08. The molecule has 2 aliphatic heterocycles. The van der Waals surface area contributed by atoms with Crippen LogP contribution in [0.25, 0.3) is 0 Å². The Morgan fingerprint density at radius 2 is 2.10 bits per heavy atom. The van der Waals surface area contributed by atoms with Crippen molar-refractivity contribution in [1.29, 1.82) is 0 Å². The van der Waals surface area contributed by atoms with Crippen LogP contribution in [0.3, 0.4) is 0 Å². The van der Waals surface area contributed by atoms with E-state index in [2.05, 4.69) is 5.32 Å². The molecule has 20 heavy (non-hydrogen) atoms. The predicted molar refractivity (Wildman–Crippen MR) is 73.3 cm³/mol. The van der Waals surface area contributed by atoms with Gasteiger partial charge in [-0.25, -0.2) is 0 Å². The van der Waals surface area contributed by atoms with Gasteiger partial charge in [0, 0.05) is 12.5 Å². The number of carboxylic acids is 1. The van der Waals surface area contributed by atoms with E-state index in [1.54, 1.807) is 4.90 Å². The number of carboxylic acid groups (broad SMARTS) is 1. The number of amides is 1. The van der Waals surface area contributed by atoms with Crippen molar-refractivity contribution in [3.8, 4) is 0 Å². The van der Waals surface area contributed by atoms with Crippen molar-refractivity contribution in [2.45, 2.75) is 26.3 Å². The van der Waals surface area contributed by atoms with Crippen molar-refractivity contribution in [3.05, 3.63) is 0 Å². The molecular formula is C14H24N2O4. The second-order valence-corrected chi connectivity index (χ2v) is 5.79. The highest BCUT2D eigenvalue weighted by atomic mass is 16.5. The summed E-state index contributed by atoms with van der Waals surface area (Å²) in [6, 6.07) is -0.324. The van der Waals surface area contributed by atoms with Gasteiger partial charge in [0.1, 0.15) is 5.92 Å². The fourth-order valence-corrected chi connectivity index (χ4v) is 2.89. The van der Waals surface area contributed by atoms with Gasteiger partial charge in [-0.3, -0.25) is 9.59 Å². The molecule has 0 saturated carbocycles. The van der Waals surface area contributed by atoms with Crippen LogP contribution >= 0.6 is 0 Å². The molecule has 6 heteroatoms. The minimum absolute atomic E-state index is 0.0576. The lowest BCUT2D eigenvalue weighted by Crippen LogP contribution is -2.54. The van der Waals surface area contributed by atoms with Crippen LogP contribution in [0.1, 0.15) is 20.3 Å². The molecule has 2 rings (SSSR count). The van der Waals surface area contributed by atoms with Crippen molar-refractivity contribution in [2.75, 3.05) is 32.8 Å². The number of aliphatic carboxylic acids is 1. The summed E-state index contributed by atoms with van der Waals surface area (Å²) in [6.45, 7) is 6.82. The summed E-state index contributed by atoms with van der Waals surface area (Å²) >= 11 is 0. The van der Waals surface area contributed by atoms with Gasteiger partial charge >= 0.3 is 5.97 Å². The van der Waals surface area contributed by atoms with Crippen molar-refractivity contribution < 1.29 is 19.4 Å². The van der Waals surface area contributed by atoms with Crippen molar-refractivity contribution in [2.24, 2.45) is 17.8 Å². The largest absolute Gasteiger partial charge is 0.481 e. The highest BCUT2D eigenvalue weighted by Crippen LogP contribution is 2.25. The molecule has 2 heterocycles. The van der Waals surface area contributed by atoms with Gasteiger partial charge in [0.05, 0.1) is 19.3 Å². The summed E-state index contributed by atoms with van der Waals surface area (Å²) in [5.74, 6) is -1.10. The molecule has 114 valence electrons. The fourth-order valence-electron chi connectivity index (χ4n) is 2.89. The summed E-state index contributed by atoms with van der Waals surface area (Å²) < 4.78 is 5.30. The third-order valence-electron chi connectivity index (χ3n) is 4.43. The first-order chi connectivity index (χ1) is 9.56. The number of nitrogens with one attached hydrogen (secondary N) is 1. The number of carbonyl (C=O) groups excluding carboxylic acids is 1. The normalized spacial score (nSPS) is 27.9. The maximum Gasteiger partial charge on any atom is 0.311 e. The van der Waals surface area contributed by atoms with Crippen LogP contribution in [0.15, 0.2) is 0 Å². The molecule has 6 nitrogen and oxygen atoms in total. The Kier molecular flexibility index (Phi) is 4.99. The zero-order valence-corrected chi connectivity index (χ0v) is 12.2. The second kappa shape index (κ2) is 6.54. The van der Waals surface area contributed by atoms with Gasteiger partial charge in [0.2, 0.25) is 5.91 Å². The summed E-state index contributed by atoms with van der Waals surface area (Å²) in [5, 5.41) is 12.4. The molecule has 0 aromatic rings. The molecule has 1 amide bonds. The zero-order valence-electron chi connectivity index (χ0n) is 12.2. The summed E-state index contributed by atoms with van der Waals surface area (Å²) in [4.78, 5) is 25.7. The highest BCUT2D eigenvalue weighted by Gasteiger charge is 2.42. The number of hydrogen-bond acceptors (Lipinski definition) is 4. The van der Waals surface area contributed by atoms with Gasteiger partial charge < -0.3 is 20.1 Å². The SMILES string of the molecule is CCCN(C(=O)C(C)C1CNC1)C1COCC1C(=O)O. The number of rotatable bonds is 6. The Labute approximate surface area is 119 Å². The highest BCUT2D eigenvalue weighted by molar-refractivity contribution is 5.81. The van der Waals surface area contributed by atoms with Crippen LogP contribution in [-0.2, 0) is 14.3 Å². The average Bonchev–Trinajstić information content (AvgIpc) is 2.81. The molecular weight excluding hydrogens is 260 g/mol. The van der Waals surface area contributed by atoms with E-state index in [-0.39, 0.29) is 24.5 Å². The molecule has 3 atom stereocenters. The Bertz CT molecular complexity index is 370. The van der Waals surface area contributed by atoms with Crippen LogP contribution < -0.4 is 5.32 Å². The third kappa shape index (κ3) is 2.96. The Morgan fingerprint density at radius 1 is 1.40 bits per heavy atom. The first-order valence-electron chi connectivity index (χ1n) is 7.38. The van der Waals surface area contributed by atoms with Crippen LogP contribution in [-0.4, -0.2) is 60.8 Å². The van der Waals surface area contributed by atoms with E-state index < -0.39 is 11.9 Å². The maximum atomic E-state index is 12.7. The van der Waals surface area contributed by atoms with Crippen molar-refractivity contribution in [3.63, 3.8) is 0 Å². The molecule has 0 spiro atoms. The van der Waals surface area contributed by atoms with Crippen LogP contribution in [0.5, 0.6) is 0 Å². The van der Waals surface area contributed by atoms with Crippen molar-refractivity contribution >= 4 is 11.9 Å². The fraction of sp³-hybridized carbons (Fsp3) is 0.857. The maximum absolute atomic E-state index is 12.7. The molecule has 0 aliphatic carbocycles. The lowest BCUT2D eigenvalue weighted by Gasteiger charge is -2.37. The van der Waals surface area contributed by atoms with Gasteiger partial charge in [0.25, 0.3) is 0 Å². The summed E-state index contributed by atoms with van der Waals surface area (Å²) in [6.07, 6.45) is 0.824. The topological polar surface area (TPSA) is 78.9 Å². The smallest absolute Gasteiger partial charge is 0.311 e. The molecule has 0 bridgehead atoms. The van der Waals surface area contributed by atoms with Crippen LogP contribution in [0.2, 0.25) is 0 Å². The van der Waals surface area contributed by atoms with E-state index in [1.165, 1.54) is 0 Å². The van der Waals surface area contributed by atoms with E-state index in [9.17, 15) is 14.7 Å². The molecule has 2 aliphatic rings. The monoisotopic (exact) mass is 284 g/mol. The van der Waals surface area contributed by atoms with Crippen LogP contribution in [0, 0.1) is 17.8 Å². The van der Waals surface area contributed by atoms with E-state index in [4.69, 9.17) is 4.74 Å². The molecule has 2 saturated heterocycles. The van der Waals surface area contributed by atoms with E-state index in [1.807, 2.05) is 13.8 Å². The summed E-state index contributed by atoms with van der Waals surface area (Å²) in [5.41, 5.74) is 0. The van der Waals surface area contributed by atoms with E-state index >= 15 is 0 Å². The van der Waals surface area contributed by atoms with Gasteiger partial charge in [-0.15, -0.1) is 0 Å². The minimum Gasteiger partial charge on any atom is -0.481 e. The lowest BCUT2D eigenvalue weighted by molar-refractivity contribution is -0.147. The van der Waals surface area contributed by atoms with Crippen molar-refractivity contribution in [1.82, 2.24) is 10.2 Å². The van der Waals surface area contributed by atoms with Gasteiger partial charge in [-0.2, -0.15) is 0 Å². The standard InChI is InChI=1S/C14H24N2O4/c1-3-4-16(12-8-20-7-11(12)14(18)19)13(17)9(2)10-5-15-6-10/h9-12,15H,3-8H2,1-2H3,(H,18,19). The quantitative estimate of drug-likeness (QED) is 0.727. The van der Waals surface area contributed by atoms with Gasteiger partial charge in [0.15, 0.2) is 0 Å². The molecule has 3 unspecified atom stereocenters. The molecule has 0 aromatic carbocycles. The number of hydrogen-bond donors (Lipinski definition) is 2. The third-order valence-corrected chi connectivity index (χ3v) is 4.43. The summed E-state index contributed by atoms with van der Waals surface area (Å²) in [7, 11) is 0. The minimum atomic E-state index is -0.876. The average molecular weight is 284 g/mol. The molecule has 0 radical (unpaired) electrons. The number of carbonyl (C=O) groups is 2. The lowest BCUT2D eigenvalue weighted by atomic mass is 9.87. The second-order valence-electron chi connectivity index (χ2n) is 5.79. The predicted octanol–water partition coefficient (Wildman–Crippen LogP) is 0.180. The van der Waals surface area contributed by atoms with E-state index in [0.29, 0.717) is 19.1 Å². The first kappa shape index (κ1) is 15.3. The number of nitrogens with zero attached hydrogens (tertiary/aromatic N) is 1. The van der Waals surface area contributed by atoms with Gasteiger partial charge in [-0.1, -0.05) is 13.8 Å². The molecule has 2 fully saturated rings. The van der Waals surface area contributed by atoms with E-state index in [0.717, 1.165) is 19.5 Å². The Morgan fingerprint density at radius 3 is 2.60 bits per heavy atom. The van der Waals surface area contributed by atoms with Gasteiger partial charge in [-0.05, 0) is 25.4 Å². The number of ether oxygens (including phenoxy) is 1. The van der Waals surface area contributed by atoms with Crippen LogP contribution in [0.4, 0.5) is 0 Å². The molecule has 0 aromatic heterocycles. The Hall–Kier alpha value is -1.14. The zero-order chi connectivity index (χ0) is 14.7.